The molecule has 0 heterocycles. The van der Waals surface area contributed by atoms with E-state index >= 15 is 0 Å². The first-order valence-electron chi connectivity index (χ1n) is 18.3. The zero-order valence-corrected chi connectivity index (χ0v) is 28.2. The van der Waals surface area contributed by atoms with Crippen molar-refractivity contribution in [3.63, 3.8) is 0 Å². The highest BCUT2D eigenvalue weighted by Crippen LogP contribution is 2.16. The van der Waals surface area contributed by atoms with E-state index in [1.165, 1.54) is 128 Å². The molecule has 2 heteroatoms. The number of allylic oxidation sites excluding steroid dienone is 6. The first-order chi connectivity index (χ1) is 20.2. The fourth-order valence-corrected chi connectivity index (χ4v) is 5.24. The van der Waals surface area contributed by atoms with Crippen LogP contribution in [0, 0.1) is 5.92 Å². The zero-order chi connectivity index (χ0) is 29.9. The monoisotopic (exact) mass is 573 g/mol. The second kappa shape index (κ2) is 34.9. The average molecular weight is 573 g/mol. The minimum Gasteiger partial charge on any atom is -0.466 e. The molecule has 0 aromatic rings. The average Bonchev–Trinajstić information content (AvgIpc) is 2.98. The van der Waals surface area contributed by atoms with Crippen molar-refractivity contribution in [1.82, 2.24) is 0 Å². The minimum absolute atomic E-state index is 0.00720. The summed E-state index contributed by atoms with van der Waals surface area (Å²) in [6.45, 7) is 7.49. The number of ether oxygens (including phenoxy) is 1. The SMILES string of the molecule is CC/C=C\C/C=C\C/C=C\CCCCCCCC(=O)OCCCCCCCCCCCCCCCCCC(C)CC. The Balaban J connectivity index is 3.23. The van der Waals surface area contributed by atoms with Crippen molar-refractivity contribution in [3.05, 3.63) is 36.5 Å². The van der Waals surface area contributed by atoms with E-state index in [9.17, 15) is 4.79 Å². The lowest BCUT2D eigenvalue weighted by atomic mass is 9.99. The number of rotatable bonds is 32. The molecule has 0 N–H and O–H groups in total. The van der Waals surface area contributed by atoms with Crippen LogP contribution < -0.4 is 0 Å². The van der Waals surface area contributed by atoms with Gasteiger partial charge in [0.1, 0.15) is 0 Å². The van der Waals surface area contributed by atoms with E-state index in [-0.39, 0.29) is 5.97 Å². The molecule has 0 aromatic heterocycles. The summed E-state index contributed by atoms with van der Waals surface area (Å²) in [7, 11) is 0. The third-order valence-electron chi connectivity index (χ3n) is 8.33. The number of hydrogen-bond donors (Lipinski definition) is 0. The van der Waals surface area contributed by atoms with Gasteiger partial charge in [0.2, 0.25) is 0 Å². The Labute approximate surface area is 258 Å². The first kappa shape index (κ1) is 39.7. The molecular formula is C39H72O2. The maximum atomic E-state index is 11.9. The lowest BCUT2D eigenvalue weighted by Gasteiger charge is -2.07. The molecule has 0 saturated heterocycles. The van der Waals surface area contributed by atoms with Gasteiger partial charge in [0, 0.05) is 6.42 Å². The zero-order valence-electron chi connectivity index (χ0n) is 28.2. The van der Waals surface area contributed by atoms with Gasteiger partial charge in [0.05, 0.1) is 6.61 Å². The predicted molar refractivity (Wildman–Crippen MR) is 184 cm³/mol. The Kier molecular flexibility index (Phi) is 33.8. The number of carbonyl (C=O) groups excluding carboxylic acids is 1. The fourth-order valence-electron chi connectivity index (χ4n) is 5.24. The highest BCUT2D eigenvalue weighted by Gasteiger charge is 2.03. The van der Waals surface area contributed by atoms with Crippen LogP contribution in [0.5, 0.6) is 0 Å². The number of carbonyl (C=O) groups is 1. The summed E-state index contributed by atoms with van der Waals surface area (Å²) in [4.78, 5) is 11.9. The second-order valence-electron chi connectivity index (χ2n) is 12.4. The summed E-state index contributed by atoms with van der Waals surface area (Å²) in [5.74, 6) is 0.933. The van der Waals surface area contributed by atoms with E-state index < -0.39 is 0 Å². The third-order valence-corrected chi connectivity index (χ3v) is 8.33. The Hall–Kier alpha value is -1.31. The van der Waals surface area contributed by atoms with Crippen LogP contribution in [0.1, 0.15) is 194 Å². The Morgan fingerprint density at radius 3 is 1.51 bits per heavy atom. The van der Waals surface area contributed by atoms with Crippen molar-refractivity contribution in [2.75, 3.05) is 6.61 Å². The largest absolute Gasteiger partial charge is 0.466 e. The van der Waals surface area contributed by atoms with Gasteiger partial charge in [-0.2, -0.15) is 0 Å². The summed E-state index contributed by atoms with van der Waals surface area (Å²) in [5.41, 5.74) is 0. The maximum absolute atomic E-state index is 11.9. The maximum Gasteiger partial charge on any atom is 0.305 e. The van der Waals surface area contributed by atoms with E-state index in [1.807, 2.05) is 0 Å². The van der Waals surface area contributed by atoms with Gasteiger partial charge in [0.25, 0.3) is 0 Å². The van der Waals surface area contributed by atoms with Gasteiger partial charge in [-0.15, -0.1) is 0 Å². The molecule has 0 aliphatic carbocycles. The van der Waals surface area contributed by atoms with E-state index in [1.54, 1.807) is 0 Å². The van der Waals surface area contributed by atoms with Gasteiger partial charge in [0.15, 0.2) is 0 Å². The van der Waals surface area contributed by atoms with Crippen molar-refractivity contribution in [1.29, 1.82) is 0 Å². The van der Waals surface area contributed by atoms with Gasteiger partial charge in [-0.1, -0.05) is 179 Å². The first-order valence-corrected chi connectivity index (χ1v) is 18.3. The quantitative estimate of drug-likeness (QED) is 0.0455. The molecule has 0 saturated carbocycles. The molecule has 0 aliphatic rings. The molecule has 0 amide bonds. The lowest BCUT2D eigenvalue weighted by Crippen LogP contribution is -2.05. The molecule has 2 nitrogen and oxygen atoms in total. The molecule has 0 bridgehead atoms. The highest BCUT2D eigenvalue weighted by molar-refractivity contribution is 5.69. The standard InChI is InChI=1S/C39H72O2/c1-4-6-7-8-9-10-11-12-14-18-21-24-27-30-33-36-39(40)41-37-34-31-28-25-22-19-16-13-15-17-20-23-26-29-32-35-38(3)5-2/h6-7,9-10,12,14,38H,4-5,8,11,13,15-37H2,1-3H3/b7-6-,10-9-,14-12-. The normalized spacial score (nSPS) is 12.8. The van der Waals surface area contributed by atoms with Crippen molar-refractivity contribution in [2.24, 2.45) is 5.92 Å². The third kappa shape index (κ3) is 34.8. The molecule has 0 aliphatic heterocycles. The molecule has 1 unspecified atom stereocenters. The van der Waals surface area contributed by atoms with Gasteiger partial charge >= 0.3 is 5.97 Å². The summed E-state index contributed by atoms with van der Waals surface area (Å²) in [6, 6.07) is 0. The molecule has 0 aromatic carbocycles. The fraction of sp³-hybridized carbons (Fsp3) is 0.821. The molecular weight excluding hydrogens is 500 g/mol. The summed E-state index contributed by atoms with van der Waals surface area (Å²) in [6.07, 6.45) is 47.7. The molecule has 0 fully saturated rings. The Morgan fingerprint density at radius 2 is 0.976 bits per heavy atom. The van der Waals surface area contributed by atoms with Crippen molar-refractivity contribution < 1.29 is 9.53 Å². The molecule has 0 rings (SSSR count). The number of hydrogen-bond acceptors (Lipinski definition) is 2. The van der Waals surface area contributed by atoms with E-state index in [0.29, 0.717) is 13.0 Å². The van der Waals surface area contributed by atoms with Crippen molar-refractivity contribution in [2.45, 2.75) is 194 Å². The Morgan fingerprint density at radius 1 is 0.537 bits per heavy atom. The molecule has 41 heavy (non-hydrogen) atoms. The van der Waals surface area contributed by atoms with Gasteiger partial charge in [-0.05, 0) is 50.9 Å². The van der Waals surface area contributed by atoms with Crippen molar-refractivity contribution in [3.8, 4) is 0 Å². The van der Waals surface area contributed by atoms with Crippen LogP contribution in [0.4, 0.5) is 0 Å². The molecule has 0 radical (unpaired) electrons. The van der Waals surface area contributed by atoms with Gasteiger partial charge < -0.3 is 4.74 Å². The minimum atomic E-state index is 0.00720. The second-order valence-corrected chi connectivity index (χ2v) is 12.4. The van der Waals surface area contributed by atoms with Crippen LogP contribution in [0.2, 0.25) is 0 Å². The number of unbranched alkanes of at least 4 members (excludes halogenated alkanes) is 19. The van der Waals surface area contributed by atoms with E-state index in [4.69, 9.17) is 4.74 Å². The Bertz CT molecular complexity index is 603. The van der Waals surface area contributed by atoms with Crippen molar-refractivity contribution >= 4 is 5.97 Å². The molecule has 1 atom stereocenters. The number of esters is 1. The van der Waals surface area contributed by atoms with Crippen LogP contribution >= 0.6 is 0 Å². The smallest absolute Gasteiger partial charge is 0.305 e. The van der Waals surface area contributed by atoms with Crippen LogP contribution in [0.3, 0.4) is 0 Å². The van der Waals surface area contributed by atoms with Gasteiger partial charge in [-0.25, -0.2) is 0 Å². The van der Waals surface area contributed by atoms with Crippen LogP contribution in [-0.2, 0) is 9.53 Å². The summed E-state index contributed by atoms with van der Waals surface area (Å²) < 4.78 is 5.44. The summed E-state index contributed by atoms with van der Waals surface area (Å²) >= 11 is 0. The van der Waals surface area contributed by atoms with Gasteiger partial charge in [-0.3, -0.25) is 4.79 Å². The highest BCUT2D eigenvalue weighted by atomic mass is 16.5. The topological polar surface area (TPSA) is 26.3 Å². The van der Waals surface area contributed by atoms with E-state index in [0.717, 1.165) is 44.4 Å². The van der Waals surface area contributed by atoms with Crippen LogP contribution in [0.15, 0.2) is 36.5 Å². The lowest BCUT2D eigenvalue weighted by molar-refractivity contribution is -0.143. The van der Waals surface area contributed by atoms with Crippen LogP contribution in [0.25, 0.3) is 0 Å². The predicted octanol–water partition coefficient (Wildman–Crippen LogP) is 13.4. The van der Waals surface area contributed by atoms with E-state index in [2.05, 4.69) is 57.2 Å². The molecule has 240 valence electrons. The summed E-state index contributed by atoms with van der Waals surface area (Å²) in [5, 5.41) is 0. The van der Waals surface area contributed by atoms with Crippen LogP contribution in [-0.4, -0.2) is 12.6 Å². The molecule has 0 spiro atoms.